The molecule has 0 aliphatic rings. The maximum absolute atomic E-state index is 12.1. The van der Waals surface area contributed by atoms with Crippen molar-refractivity contribution >= 4 is 23.2 Å². The predicted octanol–water partition coefficient (Wildman–Crippen LogP) is 3.39. The number of hydrogen-bond donors (Lipinski definition) is 1. The van der Waals surface area contributed by atoms with Gasteiger partial charge >= 0.3 is 0 Å². The van der Waals surface area contributed by atoms with Gasteiger partial charge in [-0.1, -0.05) is 23.7 Å². The summed E-state index contributed by atoms with van der Waals surface area (Å²) >= 11 is 5.98. The standard InChI is InChI=1S/C14H13ClN2O2/c1-2-19-14-12(8-5-9-16-14)17-13(18)10-6-3-4-7-11(10)15/h3-9H,2H2,1H3,(H,17,18). The Bertz CT molecular complexity index is 587. The molecule has 4 nitrogen and oxygen atoms in total. The monoisotopic (exact) mass is 276 g/mol. The first-order valence-electron chi connectivity index (χ1n) is 5.86. The lowest BCUT2D eigenvalue weighted by molar-refractivity contribution is 0.102. The van der Waals surface area contributed by atoms with Crippen LogP contribution in [0.25, 0.3) is 0 Å². The van der Waals surface area contributed by atoms with Crippen molar-refractivity contribution in [2.75, 3.05) is 11.9 Å². The lowest BCUT2D eigenvalue weighted by Crippen LogP contribution is -2.13. The Kier molecular flexibility index (Phi) is 4.36. The molecular formula is C14H13ClN2O2. The fraction of sp³-hybridized carbons (Fsp3) is 0.143. The number of amides is 1. The van der Waals surface area contributed by atoms with Crippen molar-refractivity contribution in [3.63, 3.8) is 0 Å². The van der Waals surface area contributed by atoms with Gasteiger partial charge in [0.2, 0.25) is 5.88 Å². The molecule has 0 spiro atoms. The first kappa shape index (κ1) is 13.4. The zero-order valence-electron chi connectivity index (χ0n) is 10.4. The van der Waals surface area contributed by atoms with Crippen LogP contribution in [0.15, 0.2) is 42.6 Å². The highest BCUT2D eigenvalue weighted by atomic mass is 35.5. The molecule has 1 aromatic carbocycles. The minimum atomic E-state index is -0.292. The molecule has 0 bridgehead atoms. The van der Waals surface area contributed by atoms with Crippen LogP contribution in [-0.2, 0) is 0 Å². The highest BCUT2D eigenvalue weighted by molar-refractivity contribution is 6.34. The van der Waals surface area contributed by atoms with E-state index in [4.69, 9.17) is 16.3 Å². The van der Waals surface area contributed by atoms with Crippen LogP contribution < -0.4 is 10.1 Å². The van der Waals surface area contributed by atoms with Crippen LogP contribution in [-0.4, -0.2) is 17.5 Å². The number of hydrogen-bond acceptors (Lipinski definition) is 3. The fourth-order valence-corrected chi connectivity index (χ4v) is 1.79. The van der Waals surface area contributed by atoms with E-state index in [2.05, 4.69) is 10.3 Å². The van der Waals surface area contributed by atoms with Gasteiger partial charge in [-0.15, -0.1) is 0 Å². The van der Waals surface area contributed by atoms with E-state index in [-0.39, 0.29) is 5.91 Å². The summed E-state index contributed by atoms with van der Waals surface area (Å²) in [5.74, 6) is 0.102. The van der Waals surface area contributed by atoms with Crippen LogP contribution in [0.2, 0.25) is 5.02 Å². The van der Waals surface area contributed by atoms with E-state index < -0.39 is 0 Å². The first-order valence-corrected chi connectivity index (χ1v) is 6.24. The van der Waals surface area contributed by atoms with Gasteiger partial charge in [-0.05, 0) is 31.2 Å². The molecule has 0 fully saturated rings. The van der Waals surface area contributed by atoms with Gasteiger partial charge in [-0.2, -0.15) is 0 Å². The van der Waals surface area contributed by atoms with Crippen molar-refractivity contribution in [2.24, 2.45) is 0 Å². The number of nitrogens with one attached hydrogen (secondary N) is 1. The van der Waals surface area contributed by atoms with E-state index in [1.54, 1.807) is 42.6 Å². The number of pyridine rings is 1. The molecule has 0 saturated heterocycles. The number of carbonyl (C=O) groups excluding carboxylic acids is 1. The second kappa shape index (κ2) is 6.20. The molecule has 98 valence electrons. The van der Waals surface area contributed by atoms with Crippen LogP contribution in [0.1, 0.15) is 17.3 Å². The lowest BCUT2D eigenvalue weighted by atomic mass is 10.2. The van der Waals surface area contributed by atoms with Crippen molar-refractivity contribution in [3.05, 3.63) is 53.2 Å². The number of carbonyl (C=O) groups is 1. The number of nitrogens with zero attached hydrogens (tertiary/aromatic N) is 1. The van der Waals surface area contributed by atoms with E-state index >= 15 is 0 Å². The molecule has 0 radical (unpaired) electrons. The van der Waals surface area contributed by atoms with Gasteiger partial charge in [-0.3, -0.25) is 4.79 Å². The molecule has 5 heteroatoms. The minimum absolute atomic E-state index is 0.292. The number of halogens is 1. The SMILES string of the molecule is CCOc1ncccc1NC(=O)c1ccccc1Cl. The average Bonchev–Trinajstić information content (AvgIpc) is 2.41. The van der Waals surface area contributed by atoms with Gasteiger partial charge in [0.15, 0.2) is 0 Å². The van der Waals surface area contributed by atoms with E-state index in [1.807, 2.05) is 6.92 Å². The Hall–Kier alpha value is -2.07. The van der Waals surface area contributed by atoms with Gasteiger partial charge in [-0.25, -0.2) is 4.98 Å². The van der Waals surface area contributed by atoms with Crippen molar-refractivity contribution in [2.45, 2.75) is 6.92 Å². The van der Waals surface area contributed by atoms with Gasteiger partial charge in [0.05, 0.1) is 17.2 Å². The number of anilines is 1. The summed E-state index contributed by atoms with van der Waals surface area (Å²) in [5.41, 5.74) is 0.935. The Morgan fingerprint density at radius 3 is 2.84 bits per heavy atom. The topological polar surface area (TPSA) is 51.2 Å². The number of aromatic nitrogens is 1. The van der Waals surface area contributed by atoms with E-state index in [1.165, 1.54) is 0 Å². The zero-order valence-corrected chi connectivity index (χ0v) is 11.1. The van der Waals surface area contributed by atoms with Crippen LogP contribution in [0.5, 0.6) is 5.88 Å². The van der Waals surface area contributed by atoms with Gasteiger partial charge in [0.1, 0.15) is 5.69 Å². The zero-order chi connectivity index (χ0) is 13.7. The van der Waals surface area contributed by atoms with Crippen LogP contribution in [0, 0.1) is 0 Å². The van der Waals surface area contributed by atoms with E-state index in [0.29, 0.717) is 28.8 Å². The van der Waals surface area contributed by atoms with Crippen LogP contribution in [0.3, 0.4) is 0 Å². The van der Waals surface area contributed by atoms with Crippen molar-refractivity contribution in [1.29, 1.82) is 0 Å². The molecular weight excluding hydrogens is 264 g/mol. The summed E-state index contributed by atoms with van der Waals surface area (Å²) in [5, 5.41) is 3.15. The number of benzene rings is 1. The smallest absolute Gasteiger partial charge is 0.257 e. The second-order valence-electron chi connectivity index (χ2n) is 3.72. The maximum atomic E-state index is 12.1. The lowest BCUT2D eigenvalue weighted by Gasteiger charge is -2.10. The molecule has 0 aliphatic carbocycles. The third kappa shape index (κ3) is 3.23. The third-order valence-corrected chi connectivity index (χ3v) is 2.75. The molecule has 2 rings (SSSR count). The molecule has 1 aromatic heterocycles. The normalized spacial score (nSPS) is 10.0. The number of ether oxygens (including phenoxy) is 1. The fourth-order valence-electron chi connectivity index (χ4n) is 1.57. The Morgan fingerprint density at radius 2 is 2.11 bits per heavy atom. The third-order valence-electron chi connectivity index (χ3n) is 2.42. The molecule has 1 N–H and O–H groups in total. The molecule has 1 heterocycles. The largest absolute Gasteiger partial charge is 0.476 e. The van der Waals surface area contributed by atoms with Crippen molar-refractivity contribution < 1.29 is 9.53 Å². The van der Waals surface area contributed by atoms with Crippen molar-refractivity contribution in [3.8, 4) is 5.88 Å². The Balaban J connectivity index is 2.22. The molecule has 2 aromatic rings. The highest BCUT2D eigenvalue weighted by Gasteiger charge is 2.12. The second-order valence-corrected chi connectivity index (χ2v) is 4.13. The van der Waals surface area contributed by atoms with Gasteiger partial charge in [0, 0.05) is 6.20 Å². The van der Waals surface area contributed by atoms with Crippen LogP contribution in [0.4, 0.5) is 5.69 Å². The minimum Gasteiger partial charge on any atom is -0.476 e. The predicted molar refractivity (Wildman–Crippen MR) is 74.8 cm³/mol. The Morgan fingerprint density at radius 1 is 1.32 bits per heavy atom. The highest BCUT2D eigenvalue weighted by Crippen LogP contribution is 2.23. The summed E-state index contributed by atoms with van der Waals surface area (Å²) in [6.07, 6.45) is 1.61. The van der Waals surface area contributed by atoms with Crippen molar-refractivity contribution in [1.82, 2.24) is 4.98 Å². The van der Waals surface area contributed by atoms with E-state index in [9.17, 15) is 4.79 Å². The molecule has 1 amide bonds. The molecule has 0 atom stereocenters. The summed E-state index contributed by atoms with van der Waals surface area (Å²) < 4.78 is 5.35. The molecule has 19 heavy (non-hydrogen) atoms. The summed E-state index contributed by atoms with van der Waals surface area (Å²) in [6, 6.07) is 10.3. The van der Waals surface area contributed by atoms with E-state index in [0.717, 1.165) is 0 Å². The van der Waals surface area contributed by atoms with Gasteiger partial charge < -0.3 is 10.1 Å². The summed E-state index contributed by atoms with van der Waals surface area (Å²) in [6.45, 7) is 2.33. The first-order chi connectivity index (χ1) is 9.22. The summed E-state index contributed by atoms with van der Waals surface area (Å²) in [7, 11) is 0. The molecule has 0 saturated carbocycles. The molecule has 0 unspecified atom stereocenters. The van der Waals surface area contributed by atoms with Gasteiger partial charge in [0.25, 0.3) is 5.91 Å². The maximum Gasteiger partial charge on any atom is 0.257 e. The average molecular weight is 277 g/mol. The Labute approximate surface area is 116 Å². The quantitative estimate of drug-likeness (QED) is 0.931. The summed E-state index contributed by atoms with van der Waals surface area (Å²) in [4.78, 5) is 16.2. The molecule has 0 aliphatic heterocycles. The van der Waals surface area contributed by atoms with Crippen LogP contribution >= 0.6 is 11.6 Å². The number of rotatable bonds is 4.